The van der Waals surface area contributed by atoms with Crippen molar-refractivity contribution in [1.29, 1.82) is 0 Å². The Morgan fingerprint density at radius 1 is 1.32 bits per heavy atom. The average Bonchev–Trinajstić information content (AvgIpc) is 3.05. The minimum atomic E-state index is 0.907. The van der Waals surface area contributed by atoms with Gasteiger partial charge in [0.2, 0.25) is 0 Å². The third-order valence-electron chi connectivity index (χ3n) is 3.34. The van der Waals surface area contributed by atoms with Crippen LogP contribution in [0.15, 0.2) is 47.3 Å². The summed E-state index contributed by atoms with van der Waals surface area (Å²) in [5.41, 5.74) is 5.68. The standard InChI is InChI=1S/C16H16N2O/c1-3-12-9-14(16-11(2)6-8-19-16)18-15(12)13-5-4-7-17-10-13/h4-10,18H,3H2,1-2H3. The fraction of sp³-hybridized carbons (Fsp3) is 0.188. The number of hydrogen-bond acceptors (Lipinski definition) is 2. The van der Waals surface area contributed by atoms with Gasteiger partial charge in [0.1, 0.15) is 0 Å². The Balaban J connectivity index is 2.12. The number of rotatable bonds is 3. The SMILES string of the molecule is CCc1cc(-c2occc2C)[nH]c1-c1cccnc1. The van der Waals surface area contributed by atoms with E-state index in [1.807, 2.05) is 18.3 Å². The summed E-state index contributed by atoms with van der Waals surface area (Å²) in [5.74, 6) is 0.907. The second-order valence-electron chi connectivity index (χ2n) is 4.61. The van der Waals surface area contributed by atoms with Crippen LogP contribution in [0.5, 0.6) is 0 Å². The molecule has 1 N–H and O–H groups in total. The van der Waals surface area contributed by atoms with Gasteiger partial charge in [-0.05, 0) is 48.7 Å². The van der Waals surface area contributed by atoms with E-state index >= 15 is 0 Å². The molecular formula is C16H16N2O. The van der Waals surface area contributed by atoms with E-state index in [0.29, 0.717) is 0 Å². The van der Waals surface area contributed by atoms with Crippen molar-refractivity contribution in [2.75, 3.05) is 0 Å². The van der Waals surface area contributed by atoms with Crippen LogP contribution in [0, 0.1) is 6.92 Å². The smallest absolute Gasteiger partial charge is 0.152 e. The third-order valence-corrected chi connectivity index (χ3v) is 3.34. The van der Waals surface area contributed by atoms with Gasteiger partial charge in [-0.2, -0.15) is 0 Å². The highest BCUT2D eigenvalue weighted by Gasteiger charge is 2.13. The number of aromatic nitrogens is 2. The van der Waals surface area contributed by atoms with Crippen molar-refractivity contribution in [2.45, 2.75) is 20.3 Å². The molecule has 0 atom stereocenters. The molecule has 0 spiro atoms. The van der Waals surface area contributed by atoms with E-state index in [1.54, 1.807) is 12.5 Å². The highest BCUT2D eigenvalue weighted by molar-refractivity contribution is 5.70. The second kappa shape index (κ2) is 4.76. The molecule has 0 aromatic carbocycles. The molecule has 0 saturated heterocycles. The highest BCUT2D eigenvalue weighted by atomic mass is 16.3. The number of furan rings is 1. The van der Waals surface area contributed by atoms with E-state index in [4.69, 9.17) is 4.42 Å². The maximum atomic E-state index is 5.55. The normalized spacial score (nSPS) is 10.8. The Morgan fingerprint density at radius 2 is 2.21 bits per heavy atom. The highest BCUT2D eigenvalue weighted by Crippen LogP contribution is 2.30. The third kappa shape index (κ3) is 2.08. The Labute approximate surface area is 112 Å². The summed E-state index contributed by atoms with van der Waals surface area (Å²) in [6, 6.07) is 8.16. The molecule has 0 amide bonds. The summed E-state index contributed by atoms with van der Waals surface area (Å²) in [4.78, 5) is 7.64. The van der Waals surface area contributed by atoms with E-state index in [2.05, 4.69) is 35.9 Å². The quantitative estimate of drug-likeness (QED) is 0.758. The van der Waals surface area contributed by atoms with Crippen LogP contribution in [-0.4, -0.2) is 9.97 Å². The number of aromatic amines is 1. The molecule has 0 aliphatic rings. The molecule has 0 aliphatic carbocycles. The summed E-state index contributed by atoms with van der Waals surface area (Å²) in [6.07, 6.45) is 6.36. The van der Waals surface area contributed by atoms with Crippen LogP contribution in [-0.2, 0) is 6.42 Å². The molecule has 0 fully saturated rings. The molecule has 19 heavy (non-hydrogen) atoms. The Bertz CT molecular complexity index is 680. The van der Waals surface area contributed by atoms with Gasteiger partial charge in [-0.15, -0.1) is 0 Å². The first-order valence-corrected chi connectivity index (χ1v) is 6.46. The summed E-state index contributed by atoms with van der Waals surface area (Å²) in [6.45, 7) is 4.21. The van der Waals surface area contributed by atoms with E-state index in [9.17, 15) is 0 Å². The van der Waals surface area contributed by atoms with Gasteiger partial charge in [0, 0.05) is 18.0 Å². The zero-order chi connectivity index (χ0) is 13.2. The number of hydrogen-bond donors (Lipinski definition) is 1. The summed E-state index contributed by atoms with van der Waals surface area (Å²) >= 11 is 0. The van der Waals surface area contributed by atoms with E-state index < -0.39 is 0 Å². The molecule has 0 saturated carbocycles. The van der Waals surface area contributed by atoms with Gasteiger partial charge in [-0.3, -0.25) is 4.98 Å². The van der Waals surface area contributed by atoms with Gasteiger partial charge < -0.3 is 9.40 Å². The lowest BCUT2D eigenvalue weighted by molar-refractivity contribution is 0.579. The molecule has 3 aromatic heterocycles. The number of aryl methyl sites for hydroxylation is 2. The lowest BCUT2D eigenvalue weighted by atomic mass is 10.1. The average molecular weight is 252 g/mol. The molecule has 0 bridgehead atoms. The van der Waals surface area contributed by atoms with Gasteiger partial charge >= 0.3 is 0 Å². The Hall–Kier alpha value is -2.29. The molecule has 3 aromatic rings. The maximum Gasteiger partial charge on any atom is 0.152 e. The fourth-order valence-corrected chi connectivity index (χ4v) is 2.32. The number of nitrogens with zero attached hydrogens (tertiary/aromatic N) is 1. The maximum absolute atomic E-state index is 5.55. The van der Waals surface area contributed by atoms with Crippen LogP contribution in [0.2, 0.25) is 0 Å². The van der Waals surface area contributed by atoms with Crippen molar-refractivity contribution >= 4 is 0 Å². The summed E-state index contributed by atoms with van der Waals surface area (Å²) in [5, 5.41) is 0. The van der Waals surface area contributed by atoms with Crippen molar-refractivity contribution in [3.63, 3.8) is 0 Å². The number of pyridine rings is 1. The first-order chi connectivity index (χ1) is 9.29. The number of nitrogens with one attached hydrogen (secondary N) is 1. The minimum Gasteiger partial charge on any atom is -0.463 e. The zero-order valence-electron chi connectivity index (χ0n) is 11.1. The van der Waals surface area contributed by atoms with Crippen LogP contribution in [0.25, 0.3) is 22.7 Å². The minimum absolute atomic E-state index is 0.907. The Morgan fingerprint density at radius 3 is 2.84 bits per heavy atom. The lowest BCUT2D eigenvalue weighted by Gasteiger charge is -2.00. The van der Waals surface area contributed by atoms with E-state index in [0.717, 1.165) is 34.7 Å². The summed E-state index contributed by atoms with van der Waals surface area (Å²) < 4.78 is 5.55. The fourth-order valence-electron chi connectivity index (χ4n) is 2.32. The molecule has 3 rings (SSSR count). The van der Waals surface area contributed by atoms with Crippen LogP contribution in [0.4, 0.5) is 0 Å². The lowest BCUT2D eigenvalue weighted by Crippen LogP contribution is -1.84. The molecule has 3 heterocycles. The van der Waals surface area contributed by atoms with Gasteiger partial charge in [0.25, 0.3) is 0 Å². The van der Waals surface area contributed by atoms with Gasteiger partial charge in [-0.25, -0.2) is 0 Å². The van der Waals surface area contributed by atoms with Crippen molar-refractivity contribution in [2.24, 2.45) is 0 Å². The molecule has 3 heteroatoms. The summed E-state index contributed by atoms with van der Waals surface area (Å²) in [7, 11) is 0. The molecule has 0 radical (unpaired) electrons. The largest absolute Gasteiger partial charge is 0.463 e. The Kier molecular flexibility index (Phi) is 2.95. The first kappa shape index (κ1) is 11.8. The molecule has 96 valence electrons. The predicted molar refractivity (Wildman–Crippen MR) is 75.8 cm³/mol. The zero-order valence-corrected chi connectivity index (χ0v) is 11.1. The van der Waals surface area contributed by atoms with Crippen molar-refractivity contribution in [3.05, 3.63) is 54.0 Å². The van der Waals surface area contributed by atoms with Gasteiger partial charge in [0.05, 0.1) is 17.7 Å². The van der Waals surface area contributed by atoms with Crippen LogP contribution in [0.3, 0.4) is 0 Å². The van der Waals surface area contributed by atoms with Crippen molar-refractivity contribution in [1.82, 2.24) is 9.97 Å². The monoisotopic (exact) mass is 252 g/mol. The second-order valence-corrected chi connectivity index (χ2v) is 4.61. The molecule has 3 nitrogen and oxygen atoms in total. The molecule has 0 aliphatic heterocycles. The number of H-pyrrole nitrogens is 1. The van der Waals surface area contributed by atoms with Gasteiger partial charge in [-0.1, -0.05) is 6.92 Å². The van der Waals surface area contributed by atoms with Crippen LogP contribution in [0.1, 0.15) is 18.1 Å². The van der Waals surface area contributed by atoms with Crippen molar-refractivity contribution < 1.29 is 4.42 Å². The first-order valence-electron chi connectivity index (χ1n) is 6.46. The molecular weight excluding hydrogens is 236 g/mol. The topological polar surface area (TPSA) is 41.8 Å². The van der Waals surface area contributed by atoms with E-state index in [1.165, 1.54) is 5.56 Å². The molecule has 0 unspecified atom stereocenters. The van der Waals surface area contributed by atoms with E-state index in [-0.39, 0.29) is 0 Å². The predicted octanol–water partition coefficient (Wildman–Crippen LogP) is 4.21. The van der Waals surface area contributed by atoms with Crippen LogP contribution >= 0.6 is 0 Å². The van der Waals surface area contributed by atoms with Gasteiger partial charge in [0.15, 0.2) is 5.76 Å². The van der Waals surface area contributed by atoms with Crippen LogP contribution < -0.4 is 0 Å². The van der Waals surface area contributed by atoms with Crippen molar-refractivity contribution in [3.8, 4) is 22.7 Å².